The molecule has 0 bridgehead atoms. The number of anilines is 1. The third-order valence-corrected chi connectivity index (χ3v) is 4.80. The predicted molar refractivity (Wildman–Crippen MR) is 107 cm³/mol. The molecule has 0 aliphatic heterocycles. The molecule has 2 heterocycles. The number of carbonyl (C=O) groups is 1. The van der Waals surface area contributed by atoms with Gasteiger partial charge in [0.15, 0.2) is 11.4 Å². The summed E-state index contributed by atoms with van der Waals surface area (Å²) in [6.07, 6.45) is -5.36. The van der Waals surface area contributed by atoms with Crippen molar-refractivity contribution in [2.24, 2.45) is 0 Å². The zero-order valence-corrected chi connectivity index (χ0v) is 17.3. The number of rotatable bonds is 5. The Morgan fingerprint density at radius 3 is 2.58 bits per heavy atom. The first-order valence-electron chi connectivity index (χ1n) is 8.68. The average Bonchev–Trinajstić information content (AvgIpc) is 3.07. The van der Waals surface area contributed by atoms with E-state index in [2.05, 4.69) is 15.1 Å². The number of H-pyrrole nitrogens is 1. The van der Waals surface area contributed by atoms with Crippen LogP contribution in [0.3, 0.4) is 0 Å². The maximum absolute atomic E-state index is 13.7. The van der Waals surface area contributed by atoms with E-state index in [0.29, 0.717) is 10.2 Å². The molecular weight excluding hydrogens is 462 g/mol. The summed E-state index contributed by atoms with van der Waals surface area (Å²) >= 11 is 11.7. The normalized spacial score (nSPS) is 11.5. The minimum atomic E-state index is -4.96. The number of carbonyl (C=O) groups excluding carboxylic acids is 1. The lowest BCUT2D eigenvalue weighted by Gasteiger charge is -2.13. The van der Waals surface area contributed by atoms with Gasteiger partial charge in [-0.05, 0) is 24.6 Å². The molecule has 31 heavy (non-hydrogen) atoms. The molecule has 1 aromatic carbocycles. The summed E-state index contributed by atoms with van der Waals surface area (Å²) in [7, 11) is 0. The molecular formula is C18H14Cl2F3N5O3. The van der Waals surface area contributed by atoms with Crippen LogP contribution in [0, 0.1) is 0 Å². The number of halogens is 5. The number of benzene rings is 1. The highest BCUT2D eigenvalue weighted by Gasteiger charge is 2.37. The van der Waals surface area contributed by atoms with Crippen LogP contribution in [0.4, 0.5) is 19.0 Å². The van der Waals surface area contributed by atoms with Crippen LogP contribution in [0.1, 0.15) is 34.2 Å². The first-order valence-corrected chi connectivity index (χ1v) is 9.44. The highest BCUT2D eigenvalue weighted by Crippen LogP contribution is 2.31. The second kappa shape index (κ2) is 8.60. The Morgan fingerprint density at radius 2 is 1.97 bits per heavy atom. The lowest BCUT2D eigenvalue weighted by atomic mass is 10.0. The first-order chi connectivity index (χ1) is 14.5. The molecule has 3 rings (SSSR count). The van der Waals surface area contributed by atoms with Crippen LogP contribution in [0.5, 0.6) is 0 Å². The summed E-state index contributed by atoms with van der Waals surface area (Å²) in [4.78, 5) is 30.1. The van der Waals surface area contributed by atoms with Crippen LogP contribution >= 0.6 is 23.2 Å². The molecule has 3 N–H and O–H groups in total. The van der Waals surface area contributed by atoms with Crippen molar-refractivity contribution >= 4 is 35.0 Å². The molecule has 0 saturated carbocycles. The van der Waals surface area contributed by atoms with Crippen molar-refractivity contribution < 1.29 is 22.7 Å². The van der Waals surface area contributed by atoms with Gasteiger partial charge in [0, 0.05) is 12.5 Å². The largest absolute Gasteiger partial charge is 0.461 e. The van der Waals surface area contributed by atoms with E-state index in [4.69, 9.17) is 33.7 Å². The summed E-state index contributed by atoms with van der Waals surface area (Å²) in [5.74, 6) is -1.66. The Balaban J connectivity index is 2.10. The van der Waals surface area contributed by atoms with Gasteiger partial charge in [0.05, 0.1) is 22.2 Å². The number of alkyl halides is 3. The fourth-order valence-corrected chi connectivity index (χ4v) is 3.03. The molecule has 0 saturated heterocycles. The molecule has 2 aromatic heterocycles. The molecule has 0 spiro atoms. The predicted octanol–water partition coefficient (Wildman–Crippen LogP) is 3.63. The van der Waals surface area contributed by atoms with Crippen LogP contribution in [-0.2, 0) is 17.3 Å². The highest BCUT2D eigenvalue weighted by atomic mass is 35.5. The number of ether oxygens (including phenoxy) is 1. The maximum Gasteiger partial charge on any atom is 0.433 e. The first kappa shape index (κ1) is 22.6. The lowest BCUT2D eigenvalue weighted by molar-refractivity contribution is -0.142. The monoisotopic (exact) mass is 475 g/mol. The summed E-state index contributed by atoms with van der Waals surface area (Å²) < 4.78 is 46.6. The van der Waals surface area contributed by atoms with Crippen LogP contribution in [0.2, 0.25) is 10.0 Å². The second-order valence-corrected chi connectivity index (χ2v) is 7.04. The number of esters is 1. The Labute approximate surface area is 182 Å². The molecule has 0 fully saturated rings. The van der Waals surface area contributed by atoms with Crippen molar-refractivity contribution in [1.29, 1.82) is 0 Å². The van der Waals surface area contributed by atoms with Crippen molar-refractivity contribution in [2.45, 2.75) is 19.5 Å². The number of aromatic amines is 1. The fourth-order valence-electron chi connectivity index (χ4n) is 2.71. The Bertz CT molecular complexity index is 1210. The fraction of sp³-hybridized carbons (Fsp3) is 0.222. The quantitative estimate of drug-likeness (QED) is 0.544. The van der Waals surface area contributed by atoms with Gasteiger partial charge in [-0.3, -0.25) is 9.78 Å². The Hall–Kier alpha value is -3.05. The lowest BCUT2D eigenvalue weighted by Crippen LogP contribution is -2.26. The van der Waals surface area contributed by atoms with E-state index in [9.17, 15) is 22.8 Å². The molecule has 0 atom stereocenters. The van der Waals surface area contributed by atoms with Gasteiger partial charge in [0.25, 0.3) is 5.56 Å². The number of nitrogens with zero attached hydrogens (tertiary/aromatic N) is 3. The number of nitrogen functional groups attached to an aromatic ring is 1. The topological polar surface area (TPSA) is 116 Å². The van der Waals surface area contributed by atoms with E-state index in [0.717, 1.165) is 6.07 Å². The third kappa shape index (κ3) is 4.83. The van der Waals surface area contributed by atoms with Gasteiger partial charge in [0.1, 0.15) is 5.82 Å². The van der Waals surface area contributed by atoms with Gasteiger partial charge in [-0.1, -0.05) is 29.3 Å². The summed E-state index contributed by atoms with van der Waals surface area (Å²) in [5.41, 5.74) is 2.68. The zero-order chi connectivity index (χ0) is 22.9. The van der Waals surface area contributed by atoms with E-state index in [1.54, 1.807) is 6.92 Å². The van der Waals surface area contributed by atoms with E-state index < -0.39 is 41.3 Å². The zero-order valence-electron chi connectivity index (χ0n) is 15.8. The number of nitrogens with two attached hydrogens (primary N) is 1. The molecule has 0 radical (unpaired) electrons. The third-order valence-electron chi connectivity index (χ3n) is 4.06. The van der Waals surface area contributed by atoms with E-state index in [-0.39, 0.29) is 28.2 Å². The molecule has 0 amide bonds. The summed E-state index contributed by atoms with van der Waals surface area (Å²) in [6.45, 7) is 1.63. The average molecular weight is 476 g/mol. The van der Waals surface area contributed by atoms with Gasteiger partial charge in [-0.15, -0.1) is 0 Å². The maximum atomic E-state index is 13.7. The Kier molecular flexibility index (Phi) is 6.27. The molecule has 164 valence electrons. The number of hydrogen-bond acceptors (Lipinski definition) is 6. The van der Waals surface area contributed by atoms with E-state index >= 15 is 0 Å². The number of hydrogen-bond donors (Lipinski definition) is 2. The SMILES string of the molecule is CCOC(=O)c1cc(N)n(-c2nc(C(F)(F)F)c(Cc3ccc(Cl)c(Cl)c3)c(=O)[nH]2)n1. The molecule has 0 unspecified atom stereocenters. The van der Waals surface area contributed by atoms with Crippen molar-refractivity contribution in [3.8, 4) is 5.95 Å². The molecule has 13 heteroatoms. The van der Waals surface area contributed by atoms with Crippen molar-refractivity contribution in [1.82, 2.24) is 19.7 Å². The molecule has 0 aliphatic carbocycles. The highest BCUT2D eigenvalue weighted by molar-refractivity contribution is 6.42. The van der Waals surface area contributed by atoms with Crippen molar-refractivity contribution in [3.05, 3.63) is 67.2 Å². The van der Waals surface area contributed by atoms with Crippen LogP contribution in [-0.4, -0.2) is 32.3 Å². The van der Waals surface area contributed by atoms with Crippen molar-refractivity contribution in [2.75, 3.05) is 12.3 Å². The Morgan fingerprint density at radius 1 is 1.26 bits per heavy atom. The number of aromatic nitrogens is 4. The van der Waals surface area contributed by atoms with Gasteiger partial charge in [-0.2, -0.15) is 23.0 Å². The smallest absolute Gasteiger partial charge is 0.433 e. The standard InChI is InChI=1S/C18H14Cl2F3N5O3/c1-2-31-16(30)12-7-13(24)28(27-12)17-25-14(18(21,22)23)9(15(29)26-17)5-8-3-4-10(19)11(20)6-8/h3-4,6-7H,2,5,24H2,1H3,(H,25,26,29). The van der Waals surface area contributed by atoms with Crippen molar-refractivity contribution in [3.63, 3.8) is 0 Å². The number of nitrogens with one attached hydrogen (secondary N) is 1. The van der Waals surface area contributed by atoms with Gasteiger partial charge < -0.3 is 10.5 Å². The molecule has 8 nitrogen and oxygen atoms in total. The molecule has 0 aliphatic rings. The van der Waals surface area contributed by atoms with E-state index in [1.807, 2.05) is 0 Å². The van der Waals surface area contributed by atoms with Crippen LogP contribution in [0.15, 0.2) is 29.1 Å². The van der Waals surface area contributed by atoms with Gasteiger partial charge >= 0.3 is 12.1 Å². The minimum absolute atomic E-state index is 0.0579. The van der Waals surface area contributed by atoms with Gasteiger partial charge in [0.2, 0.25) is 5.95 Å². The molecule has 3 aromatic rings. The van der Waals surface area contributed by atoms with Crippen LogP contribution < -0.4 is 11.3 Å². The van der Waals surface area contributed by atoms with E-state index in [1.165, 1.54) is 18.2 Å². The van der Waals surface area contributed by atoms with Gasteiger partial charge in [-0.25, -0.2) is 9.78 Å². The summed E-state index contributed by atoms with van der Waals surface area (Å²) in [5, 5.41) is 4.13. The minimum Gasteiger partial charge on any atom is -0.461 e. The summed E-state index contributed by atoms with van der Waals surface area (Å²) in [6, 6.07) is 5.30. The van der Waals surface area contributed by atoms with Crippen LogP contribution in [0.25, 0.3) is 5.95 Å². The second-order valence-electron chi connectivity index (χ2n) is 6.23.